The molecular weight excluding hydrogens is 451 g/mol. The van der Waals surface area contributed by atoms with Crippen LogP contribution in [0.3, 0.4) is 0 Å². The fraction of sp³-hybridized carbons (Fsp3) is 0.150. The Balaban J connectivity index is 1.52. The minimum atomic E-state index is -0.421. The Bertz CT molecular complexity index is 1020. The van der Waals surface area contributed by atoms with E-state index in [2.05, 4.69) is 15.0 Å². The van der Waals surface area contributed by atoms with E-state index in [-0.39, 0.29) is 12.3 Å². The van der Waals surface area contributed by atoms with Crippen molar-refractivity contribution >= 4 is 63.9 Å². The molecule has 0 atom stereocenters. The van der Waals surface area contributed by atoms with Crippen LogP contribution in [0.25, 0.3) is 0 Å². The number of nitrogens with one attached hydrogen (secondary N) is 1. The summed E-state index contributed by atoms with van der Waals surface area (Å²) in [6.07, 6.45) is 0.164. The number of carbonyl (C=O) groups excluding carboxylic acids is 2. The molecule has 0 spiro atoms. The molecule has 0 radical (unpaired) electrons. The second-order valence-corrected chi connectivity index (χ2v) is 8.85. The van der Waals surface area contributed by atoms with Crippen LogP contribution in [0.5, 0.6) is 0 Å². The standard InChI is InChI=1S/C20H16Cl2N2O3S2/c1-27-19(26)12-3-6-15(7-4-12)23-18(25)9-16-11-29-20(24-16)28-10-13-2-5-14(21)8-17(13)22/h2-8,11H,9-10H2,1H3,(H,23,25). The number of rotatable bonds is 7. The Labute approximate surface area is 186 Å². The zero-order chi connectivity index (χ0) is 20.8. The van der Waals surface area contributed by atoms with Crippen molar-refractivity contribution < 1.29 is 14.3 Å². The van der Waals surface area contributed by atoms with E-state index in [1.54, 1.807) is 48.2 Å². The van der Waals surface area contributed by atoms with Gasteiger partial charge in [0, 0.05) is 26.9 Å². The molecular formula is C20H16Cl2N2O3S2. The number of halogens is 2. The number of hydrogen-bond donors (Lipinski definition) is 1. The maximum atomic E-state index is 12.2. The van der Waals surface area contributed by atoms with Gasteiger partial charge in [0.1, 0.15) is 4.34 Å². The zero-order valence-electron chi connectivity index (χ0n) is 15.3. The van der Waals surface area contributed by atoms with Gasteiger partial charge in [-0.05, 0) is 42.0 Å². The third-order valence-corrected chi connectivity index (χ3v) is 6.53. The highest BCUT2D eigenvalue weighted by Gasteiger charge is 2.11. The minimum absolute atomic E-state index is 0.164. The van der Waals surface area contributed by atoms with Gasteiger partial charge in [-0.1, -0.05) is 41.0 Å². The molecule has 0 saturated heterocycles. The van der Waals surface area contributed by atoms with Crippen LogP contribution < -0.4 is 5.32 Å². The van der Waals surface area contributed by atoms with E-state index in [1.165, 1.54) is 18.4 Å². The molecule has 3 rings (SSSR count). The van der Waals surface area contributed by atoms with Crippen molar-refractivity contribution in [2.24, 2.45) is 0 Å². The second kappa shape index (κ2) is 10.1. The van der Waals surface area contributed by atoms with Crippen LogP contribution in [0.4, 0.5) is 5.69 Å². The summed E-state index contributed by atoms with van der Waals surface area (Å²) >= 11 is 15.1. The third kappa shape index (κ3) is 6.21. The summed E-state index contributed by atoms with van der Waals surface area (Å²) in [4.78, 5) is 28.2. The van der Waals surface area contributed by atoms with Crippen LogP contribution >= 0.6 is 46.3 Å². The first-order valence-electron chi connectivity index (χ1n) is 8.44. The summed E-state index contributed by atoms with van der Waals surface area (Å²) in [6.45, 7) is 0. The van der Waals surface area contributed by atoms with Crippen LogP contribution in [-0.2, 0) is 21.7 Å². The molecule has 1 heterocycles. The highest BCUT2D eigenvalue weighted by Crippen LogP contribution is 2.30. The molecule has 0 aliphatic carbocycles. The lowest BCUT2D eigenvalue weighted by Crippen LogP contribution is -2.14. The average molecular weight is 467 g/mol. The number of amides is 1. The summed E-state index contributed by atoms with van der Waals surface area (Å²) < 4.78 is 5.51. The second-order valence-electron chi connectivity index (χ2n) is 5.92. The number of nitrogens with zero attached hydrogens (tertiary/aromatic N) is 1. The molecule has 29 heavy (non-hydrogen) atoms. The lowest BCUT2D eigenvalue weighted by Gasteiger charge is -2.05. The van der Waals surface area contributed by atoms with Gasteiger partial charge in [-0.2, -0.15) is 0 Å². The number of carbonyl (C=O) groups is 2. The molecule has 0 aliphatic rings. The van der Waals surface area contributed by atoms with Crippen molar-refractivity contribution in [1.82, 2.24) is 4.98 Å². The highest BCUT2D eigenvalue weighted by molar-refractivity contribution is 8.00. The van der Waals surface area contributed by atoms with Crippen molar-refractivity contribution in [3.8, 4) is 0 Å². The maximum absolute atomic E-state index is 12.2. The van der Waals surface area contributed by atoms with Gasteiger partial charge in [-0.3, -0.25) is 4.79 Å². The molecule has 0 unspecified atom stereocenters. The first-order chi connectivity index (χ1) is 13.9. The van der Waals surface area contributed by atoms with E-state index in [9.17, 15) is 9.59 Å². The van der Waals surface area contributed by atoms with E-state index in [1.807, 2.05) is 11.4 Å². The first-order valence-corrected chi connectivity index (χ1v) is 11.1. The summed E-state index contributed by atoms with van der Waals surface area (Å²) in [7, 11) is 1.32. The Hall–Kier alpha value is -2.06. The lowest BCUT2D eigenvalue weighted by atomic mass is 10.2. The number of thioether (sulfide) groups is 1. The van der Waals surface area contributed by atoms with E-state index in [0.717, 1.165) is 9.90 Å². The summed E-state index contributed by atoms with van der Waals surface area (Å²) in [6, 6.07) is 11.9. The summed E-state index contributed by atoms with van der Waals surface area (Å²) in [5.74, 6) is 0.0653. The topological polar surface area (TPSA) is 68.3 Å². The molecule has 0 bridgehead atoms. The van der Waals surface area contributed by atoms with E-state index < -0.39 is 5.97 Å². The van der Waals surface area contributed by atoms with Crippen molar-refractivity contribution in [3.63, 3.8) is 0 Å². The number of ether oxygens (including phenoxy) is 1. The van der Waals surface area contributed by atoms with E-state index in [0.29, 0.717) is 32.7 Å². The lowest BCUT2D eigenvalue weighted by molar-refractivity contribution is -0.115. The van der Waals surface area contributed by atoms with Crippen LogP contribution in [0.2, 0.25) is 10.0 Å². The van der Waals surface area contributed by atoms with Crippen LogP contribution in [0.15, 0.2) is 52.2 Å². The quantitative estimate of drug-likeness (QED) is 0.356. The van der Waals surface area contributed by atoms with Crippen LogP contribution in [-0.4, -0.2) is 24.0 Å². The van der Waals surface area contributed by atoms with Crippen molar-refractivity contribution in [1.29, 1.82) is 0 Å². The van der Waals surface area contributed by atoms with Gasteiger partial charge in [0.25, 0.3) is 0 Å². The molecule has 150 valence electrons. The van der Waals surface area contributed by atoms with Gasteiger partial charge in [0.15, 0.2) is 0 Å². The largest absolute Gasteiger partial charge is 0.465 e. The number of benzene rings is 2. The molecule has 5 nitrogen and oxygen atoms in total. The highest BCUT2D eigenvalue weighted by atomic mass is 35.5. The third-order valence-electron chi connectivity index (χ3n) is 3.83. The average Bonchev–Trinajstić information content (AvgIpc) is 3.14. The molecule has 3 aromatic rings. The van der Waals surface area contributed by atoms with Gasteiger partial charge < -0.3 is 10.1 Å². The molecule has 9 heteroatoms. The fourth-order valence-corrected chi connectivity index (χ4v) is 4.79. The number of esters is 1. The number of anilines is 1. The molecule has 0 aliphatic heterocycles. The van der Waals surface area contributed by atoms with Gasteiger partial charge in [-0.15, -0.1) is 11.3 Å². The molecule has 1 N–H and O–H groups in total. The normalized spacial score (nSPS) is 10.6. The van der Waals surface area contributed by atoms with Crippen molar-refractivity contribution in [2.75, 3.05) is 12.4 Å². The Morgan fingerprint density at radius 3 is 2.62 bits per heavy atom. The van der Waals surface area contributed by atoms with Gasteiger partial charge in [0.2, 0.25) is 5.91 Å². The summed E-state index contributed by atoms with van der Waals surface area (Å²) in [5, 5.41) is 5.89. The van der Waals surface area contributed by atoms with Gasteiger partial charge in [-0.25, -0.2) is 9.78 Å². The summed E-state index contributed by atoms with van der Waals surface area (Å²) in [5.41, 5.74) is 2.70. The molecule has 0 fully saturated rings. The Morgan fingerprint density at radius 1 is 1.17 bits per heavy atom. The molecule has 2 aromatic carbocycles. The number of hydrogen-bond acceptors (Lipinski definition) is 6. The smallest absolute Gasteiger partial charge is 0.337 e. The number of methoxy groups -OCH3 is 1. The zero-order valence-corrected chi connectivity index (χ0v) is 18.4. The predicted molar refractivity (Wildman–Crippen MR) is 118 cm³/mol. The Kier molecular flexibility index (Phi) is 7.55. The number of thiazole rings is 1. The molecule has 1 aromatic heterocycles. The minimum Gasteiger partial charge on any atom is -0.465 e. The maximum Gasteiger partial charge on any atom is 0.337 e. The van der Waals surface area contributed by atoms with Gasteiger partial charge in [0.05, 0.1) is 24.8 Å². The van der Waals surface area contributed by atoms with E-state index >= 15 is 0 Å². The number of aromatic nitrogens is 1. The van der Waals surface area contributed by atoms with E-state index in [4.69, 9.17) is 23.2 Å². The first kappa shape index (κ1) is 21.6. The van der Waals surface area contributed by atoms with Gasteiger partial charge >= 0.3 is 5.97 Å². The Morgan fingerprint density at radius 2 is 1.93 bits per heavy atom. The van der Waals surface area contributed by atoms with Crippen molar-refractivity contribution in [3.05, 3.63) is 74.7 Å². The van der Waals surface area contributed by atoms with Crippen LogP contribution in [0, 0.1) is 0 Å². The van der Waals surface area contributed by atoms with Crippen molar-refractivity contribution in [2.45, 2.75) is 16.5 Å². The SMILES string of the molecule is COC(=O)c1ccc(NC(=O)Cc2csc(SCc3ccc(Cl)cc3Cl)n2)cc1. The molecule has 1 amide bonds. The molecule has 0 saturated carbocycles. The van der Waals surface area contributed by atoms with Crippen LogP contribution in [0.1, 0.15) is 21.6 Å². The fourth-order valence-electron chi connectivity index (χ4n) is 2.39. The predicted octanol–water partition coefficient (Wildman–Crippen LogP) is 5.71. The monoisotopic (exact) mass is 466 g/mol.